The van der Waals surface area contributed by atoms with Crippen LogP contribution < -0.4 is 10.6 Å². The third-order valence-corrected chi connectivity index (χ3v) is 3.32. The van der Waals surface area contributed by atoms with E-state index in [4.69, 9.17) is 11.0 Å². The fourth-order valence-electron chi connectivity index (χ4n) is 1.99. The van der Waals surface area contributed by atoms with Gasteiger partial charge in [0.1, 0.15) is 11.9 Å². The molecule has 0 saturated heterocycles. The Labute approximate surface area is 122 Å². The van der Waals surface area contributed by atoms with Gasteiger partial charge in [0.15, 0.2) is 0 Å². The Balaban J connectivity index is 2.43. The third kappa shape index (κ3) is 2.70. The lowest BCUT2D eigenvalue weighted by Crippen LogP contribution is -2.27. The zero-order chi connectivity index (χ0) is 15.6. The number of carbonyl (C=O) groups excluding carboxylic acids is 1. The maximum Gasteiger partial charge on any atom is 0.258 e. The van der Waals surface area contributed by atoms with Crippen molar-refractivity contribution in [1.29, 1.82) is 5.26 Å². The number of nitrogens with two attached hydrogens (primary N) is 1. The van der Waals surface area contributed by atoms with Crippen LogP contribution in [0.5, 0.6) is 0 Å². The van der Waals surface area contributed by atoms with Gasteiger partial charge in [-0.3, -0.25) is 4.79 Å². The Bertz CT molecular complexity index is 726. The van der Waals surface area contributed by atoms with Gasteiger partial charge in [-0.25, -0.2) is 4.39 Å². The van der Waals surface area contributed by atoms with E-state index in [9.17, 15) is 9.18 Å². The third-order valence-electron chi connectivity index (χ3n) is 3.32. The van der Waals surface area contributed by atoms with Crippen molar-refractivity contribution in [1.82, 2.24) is 0 Å². The molecule has 2 rings (SSSR count). The number of nitrogen functional groups attached to an aromatic ring is 1. The van der Waals surface area contributed by atoms with Crippen molar-refractivity contribution < 1.29 is 9.18 Å². The van der Waals surface area contributed by atoms with Crippen LogP contribution in [0.4, 0.5) is 15.8 Å². The molecule has 5 heteroatoms. The molecule has 0 fully saturated rings. The van der Waals surface area contributed by atoms with Crippen molar-refractivity contribution in [2.45, 2.75) is 6.92 Å². The van der Waals surface area contributed by atoms with Crippen LogP contribution in [-0.4, -0.2) is 13.0 Å². The number of halogens is 1. The van der Waals surface area contributed by atoms with Crippen molar-refractivity contribution in [3.63, 3.8) is 0 Å². The van der Waals surface area contributed by atoms with E-state index in [2.05, 4.69) is 0 Å². The Morgan fingerprint density at radius 3 is 2.62 bits per heavy atom. The summed E-state index contributed by atoms with van der Waals surface area (Å²) in [5.74, 6) is -0.955. The normalized spacial score (nSPS) is 10.0. The van der Waals surface area contributed by atoms with E-state index in [1.807, 2.05) is 6.07 Å². The summed E-state index contributed by atoms with van der Waals surface area (Å²) in [6.45, 7) is 1.55. The summed E-state index contributed by atoms with van der Waals surface area (Å²) >= 11 is 0. The van der Waals surface area contributed by atoms with Gasteiger partial charge in [0.2, 0.25) is 0 Å². The topological polar surface area (TPSA) is 70.1 Å². The monoisotopic (exact) mass is 283 g/mol. The van der Waals surface area contributed by atoms with Gasteiger partial charge in [-0.1, -0.05) is 12.1 Å². The molecule has 0 aliphatic heterocycles. The first-order valence-electron chi connectivity index (χ1n) is 6.28. The number of carbonyl (C=O) groups is 1. The highest BCUT2D eigenvalue weighted by Crippen LogP contribution is 2.23. The Kier molecular flexibility index (Phi) is 3.90. The predicted octanol–water partition coefficient (Wildman–Crippen LogP) is 2.86. The smallest absolute Gasteiger partial charge is 0.258 e. The predicted molar refractivity (Wildman–Crippen MR) is 79.4 cm³/mol. The molecule has 1 amide bonds. The molecule has 2 aromatic carbocycles. The van der Waals surface area contributed by atoms with Crippen LogP contribution in [0.25, 0.3) is 0 Å². The van der Waals surface area contributed by atoms with Crippen molar-refractivity contribution in [3.8, 4) is 6.07 Å². The Hall–Kier alpha value is -2.87. The molecule has 2 N–H and O–H groups in total. The van der Waals surface area contributed by atoms with Crippen LogP contribution in [0.2, 0.25) is 0 Å². The molecule has 0 bridgehead atoms. The summed E-state index contributed by atoms with van der Waals surface area (Å²) in [5.41, 5.74) is 7.20. The largest absolute Gasteiger partial charge is 0.398 e. The van der Waals surface area contributed by atoms with E-state index in [1.54, 1.807) is 31.2 Å². The first-order chi connectivity index (χ1) is 9.95. The van der Waals surface area contributed by atoms with Gasteiger partial charge in [-0.2, -0.15) is 5.26 Å². The van der Waals surface area contributed by atoms with Crippen LogP contribution >= 0.6 is 0 Å². The van der Waals surface area contributed by atoms with Crippen LogP contribution in [0.3, 0.4) is 0 Å². The van der Waals surface area contributed by atoms with Crippen molar-refractivity contribution in [3.05, 3.63) is 58.9 Å². The molecule has 0 aliphatic carbocycles. The van der Waals surface area contributed by atoms with Gasteiger partial charge < -0.3 is 10.6 Å². The molecule has 0 aromatic heterocycles. The summed E-state index contributed by atoms with van der Waals surface area (Å²) in [5, 5.41) is 9.08. The number of amides is 1. The maximum absolute atomic E-state index is 13.7. The van der Waals surface area contributed by atoms with E-state index in [-0.39, 0.29) is 11.3 Å². The van der Waals surface area contributed by atoms with Gasteiger partial charge in [-0.15, -0.1) is 0 Å². The van der Waals surface area contributed by atoms with Crippen molar-refractivity contribution in [2.24, 2.45) is 0 Å². The molecule has 2 aromatic rings. The fourth-order valence-corrected chi connectivity index (χ4v) is 1.99. The van der Waals surface area contributed by atoms with E-state index >= 15 is 0 Å². The Morgan fingerprint density at radius 2 is 2.00 bits per heavy atom. The molecule has 0 unspecified atom stereocenters. The van der Waals surface area contributed by atoms with E-state index < -0.39 is 11.7 Å². The highest BCUT2D eigenvalue weighted by Gasteiger charge is 2.18. The number of benzene rings is 2. The number of anilines is 2. The highest BCUT2D eigenvalue weighted by atomic mass is 19.1. The molecule has 4 nitrogen and oxygen atoms in total. The lowest BCUT2D eigenvalue weighted by Gasteiger charge is -2.19. The number of nitriles is 1. The van der Waals surface area contributed by atoms with E-state index in [0.29, 0.717) is 16.8 Å². The lowest BCUT2D eigenvalue weighted by atomic mass is 10.1. The quantitative estimate of drug-likeness (QED) is 0.861. The molecule has 0 radical (unpaired) electrons. The van der Waals surface area contributed by atoms with Gasteiger partial charge in [-0.05, 0) is 31.2 Å². The standard InChI is InChI=1S/C16H14FN3O/c1-10-13(17)7-12(8-14(10)19)16(21)20(2)15-6-4-3-5-11(15)9-18/h3-8H,19H2,1-2H3. The number of hydrogen-bond donors (Lipinski definition) is 1. The summed E-state index contributed by atoms with van der Waals surface area (Å²) in [6.07, 6.45) is 0. The second-order valence-electron chi connectivity index (χ2n) is 4.67. The van der Waals surface area contributed by atoms with Crippen LogP contribution in [0, 0.1) is 24.1 Å². The molecule has 0 saturated carbocycles. The van der Waals surface area contributed by atoms with Gasteiger partial charge in [0.25, 0.3) is 5.91 Å². The molecular weight excluding hydrogens is 269 g/mol. The average Bonchev–Trinajstić information content (AvgIpc) is 2.50. The maximum atomic E-state index is 13.7. The molecule has 106 valence electrons. The van der Waals surface area contributed by atoms with Crippen LogP contribution in [0.1, 0.15) is 21.5 Å². The second-order valence-corrected chi connectivity index (χ2v) is 4.67. The first kappa shape index (κ1) is 14.5. The van der Waals surface area contributed by atoms with Crippen molar-refractivity contribution >= 4 is 17.3 Å². The molecule has 0 aliphatic rings. The van der Waals surface area contributed by atoms with E-state index in [1.165, 1.54) is 18.0 Å². The lowest BCUT2D eigenvalue weighted by molar-refractivity contribution is 0.0992. The van der Waals surface area contributed by atoms with Gasteiger partial charge in [0.05, 0.1) is 11.3 Å². The zero-order valence-electron chi connectivity index (χ0n) is 11.7. The highest BCUT2D eigenvalue weighted by molar-refractivity contribution is 6.06. The number of hydrogen-bond acceptors (Lipinski definition) is 3. The molecule has 0 spiro atoms. The number of nitrogens with zero attached hydrogens (tertiary/aromatic N) is 2. The zero-order valence-corrected chi connectivity index (χ0v) is 11.7. The Morgan fingerprint density at radius 1 is 1.33 bits per heavy atom. The number of para-hydroxylation sites is 1. The molecule has 21 heavy (non-hydrogen) atoms. The van der Waals surface area contributed by atoms with Crippen molar-refractivity contribution in [2.75, 3.05) is 17.7 Å². The average molecular weight is 283 g/mol. The molecule has 0 atom stereocenters. The number of rotatable bonds is 2. The summed E-state index contributed by atoms with van der Waals surface area (Å²) in [6, 6.07) is 11.3. The second kappa shape index (κ2) is 5.63. The minimum absolute atomic E-state index is 0.144. The first-order valence-corrected chi connectivity index (χ1v) is 6.28. The van der Waals surface area contributed by atoms with Gasteiger partial charge >= 0.3 is 0 Å². The SMILES string of the molecule is Cc1c(N)cc(C(=O)N(C)c2ccccc2C#N)cc1F. The van der Waals surface area contributed by atoms with E-state index in [0.717, 1.165) is 6.07 Å². The minimum Gasteiger partial charge on any atom is -0.398 e. The summed E-state index contributed by atoms with van der Waals surface area (Å²) < 4.78 is 13.7. The summed E-state index contributed by atoms with van der Waals surface area (Å²) in [4.78, 5) is 13.7. The molecular formula is C16H14FN3O. The van der Waals surface area contributed by atoms with Crippen LogP contribution in [-0.2, 0) is 0 Å². The molecule has 0 heterocycles. The van der Waals surface area contributed by atoms with Gasteiger partial charge in [0, 0.05) is 23.9 Å². The van der Waals surface area contributed by atoms with Crippen LogP contribution in [0.15, 0.2) is 36.4 Å². The summed E-state index contributed by atoms with van der Waals surface area (Å²) in [7, 11) is 1.53. The minimum atomic E-state index is -0.527. The fraction of sp³-hybridized carbons (Fsp3) is 0.125.